The lowest BCUT2D eigenvalue weighted by molar-refractivity contribution is -0.113. The monoisotopic (exact) mass is 467 g/mol. The largest absolute Gasteiger partial charge is 0.492 e. The molecular weight excluding hydrogens is 454 g/mol. The maximum absolute atomic E-state index is 12.8. The topological polar surface area (TPSA) is 29.5 Å². The van der Waals surface area contributed by atoms with Gasteiger partial charge in [0.15, 0.2) is 4.32 Å². The van der Waals surface area contributed by atoms with Gasteiger partial charge < -0.3 is 4.74 Å². The molecule has 1 aliphatic rings. The van der Waals surface area contributed by atoms with E-state index >= 15 is 0 Å². The predicted octanol–water partition coefficient (Wildman–Crippen LogP) is 6.30. The van der Waals surface area contributed by atoms with E-state index in [-0.39, 0.29) is 5.91 Å². The summed E-state index contributed by atoms with van der Waals surface area (Å²) in [5, 5.41) is 0.616. The highest BCUT2D eigenvalue weighted by Gasteiger charge is 2.33. The van der Waals surface area contributed by atoms with Crippen molar-refractivity contribution in [3.05, 3.63) is 62.4 Å². The highest BCUT2D eigenvalue weighted by molar-refractivity contribution is 9.10. The standard InChI is InChI=1S/C19H15BrClNO2S2/c1-2-9-24-16-8-3-12(10-15(16)20)11-17-18(23)22(19(25)26-17)14-6-4-13(21)5-7-14/h3-8,10-11H,2,9H2,1H3/b17-11+. The van der Waals surface area contributed by atoms with Crippen molar-refractivity contribution in [1.82, 2.24) is 0 Å². The fraction of sp³-hybridized carbons (Fsp3) is 0.158. The average Bonchev–Trinajstić information content (AvgIpc) is 2.89. The summed E-state index contributed by atoms with van der Waals surface area (Å²) < 4.78 is 7.01. The SMILES string of the molecule is CCCOc1ccc(/C=C2/SC(=S)N(c3ccc(Cl)cc3)C2=O)cc1Br. The normalized spacial score (nSPS) is 15.8. The van der Waals surface area contributed by atoms with Crippen LogP contribution in [0.3, 0.4) is 0 Å². The molecule has 26 heavy (non-hydrogen) atoms. The van der Waals surface area contributed by atoms with Crippen molar-refractivity contribution in [2.24, 2.45) is 0 Å². The Kier molecular flexibility index (Phi) is 6.40. The van der Waals surface area contributed by atoms with Gasteiger partial charge in [0.2, 0.25) is 0 Å². The zero-order valence-electron chi connectivity index (χ0n) is 13.9. The number of carbonyl (C=O) groups is 1. The van der Waals surface area contributed by atoms with Crippen molar-refractivity contribution < 1.29 is 9.53 Å². The Morgan fingerprint density at radius 2 is 2.00 bits per heavy atom. The lowest BCUT2D eigenvalue weighted by atomic mass is 10.2. The fourth-order valence-corrected chi connectivity index (χ4v) is 4.30. The number of rotatable bonds is 5. The van der Waals surface area contributed by atoms with Gasteiger partial charge in [0.05, 0.1) is 21.7 Å². The van der Waals surface area contributed by atoms with Crippen LogP contribution < -0.4 is 9.64 Å². The summed E-state index contributed by atoms with van der Waals surface area (Å²) in [4.78, 5) is 14.9. The Morgan fingerprint density at radius 3 is 2.65 bits per heavy atom. The van der Waals surface area contributed by atoms with E-state index in [0.717, 1.165) is 22.2 Å². The molecule has 0 radical (unpaired) electrons. The molecule has 0 atom stereocenters. The number of anilines is 1. The van der Waals surface area contributed by atoms with Crippen LogP contribution in [0.25, 0.3) is 6.08 Å². The van der Waals surface area contributed by atoms with Gasteiger partial charge in [-0.2, -0.15) is 0 Å². The first-order chi connectivity index (χ1) is 12.5. The molecule has 0 aliphatic carbocycles. The second kappa shape index (κ2) is 8.57. The van der Waals surface area contributed by atoms with Crippen LogP contribution in [0.1, 0.15) is 18.9 Å². The molecule has 7 heteroatoms. The number of ether oxygens (including phenoxy) is 1. The first kappa shape index (κ1) is 19.4. The van der Waals surface area contributed by atoms with Crippen LogP contribution in [0.4, 0.5) is 5.69 Å². The van der Waals surface area contributed by atoms with Gasteiger partial charge in [0.25, 0.3) is 5.91 Å². The Hall–Kier alpha value is -1.34. The van der Waals surface area contributed by atoms with Gasteiger partial charge in [0, 0.05) is 5.02 Å². The van der Waals surface area contributed by atoms with Crippen LogP contribution >= 0.6 is 51.5 Å². The van der Waals surface area contributed by atoms with Crippen molar-refractivity contribution >= 4 is 73.5 Å². The minimum absolute atomic E-state index is 0.134. The molecule has 1 fully saturated rings. The zero-order chi connectivity index (χ0) is 18.7. The molecule has 134 valence electrons. The van der Waals surface area contributed by atoms with Crippen LogP contribution in [0, 0.1) is 0 Å². The van der Waals surface area contributed by atoms with Gasteiger partial charge in [-0.05, 0) is 70.4 Å². The van der Waals surface area contributed by atoms with E-state index in [0.29, 0.717) is 26.5 Å². The molecular formula is C19H15BrClNO2S2. The number of thiocarbonyl (C=S) groups is 1. The third-order valence-electron chi connectivity index (χ3n) is 3.59. The molecule has 1 amide bonds. The number of hydrogen-bond donors (Lipinski definition) is 0. The van der Waals surface area contributed by atoms with Crippen molar-refractivity contribution in [3.8, 4) is 5.75 Å². The molecule has 3 rings (SSSR count). The molecule has 3 nitrogen and oxygen atoms in total. The van der Waals surface area contributed by atoms with Crippen molar-refractivity contribution in [3.63, 3.8) is 0 Å². The molecule has 0 N–H and O–H groups in total. The van der Waals surface area contributed by atoms with Gasteiger partial charge in [0.1, 0.15) is 5.75 Å². The van der Waals surface area contributed by atoms with E-state index in [1.807, 2.05) is 24.3 Å². The fourth-order valence-electron chi connectivity index (χ4n) is 2.37. The number of halogens is 2. The number of benzene rings is 2. The first-order valence-electron chi connectivity index (χ1n) is 7.95. The Balaban J connectivity index is 1.83. The lowest BCUT2D eigenvalue weighted by Gasteiger charge is -2.14. The summed E-state index contributed by atoms with van der Waals surface area (Å²) in [6, 6.07) is 12.8. The van der Waals surface area contributed by atoms with E-state index in [1.165, 1.54) is 16.7 Å². The summed E-state index contributed by atoms with van der Waals surface area (Å²) >= 11 is 16.1. The van der Waals surface area contributed by atoms with Gasteiger partial charge in [-0.15, -0.1) is 0 Å². The van der Waals surface area contributed by atoms with Crippen molar-refractivity contribution in [1.29, 1.82) is 0 Å². The molecule has 1 aliphatic heterocycles. The quantitative estimate of drug-likeness (QED) is 0.380. The van der Waals surface area contributed by atoms with Crippen LogP contribution in [-0.2, 0) is 4.79 Å². The summed E-state index contributed by atoms with van der Waals surface area (Å²) in [6.07, 6.45) is 2.78. The number of amides is 1. The maximum atomic E-state index is 12.8. The van der Waals surface area contributed by atoms with E-state index in [2.05, 4.69) is 22.9 Å². The molecule has 1 saturated heterocycles. The molecule has 2 aromatic rings. The minimum atomic E-state index is -0.134. The van der Waals surface area contributed by atoms with E-state index in [1.54, 1.807) is 24.3 Å². The Morgan fingerprint density at radius 1 is 1.27 bits per heavy atom. The van der Waals surface area contributed by atoms with Crippen LogP contribution in [0.5, 0.6) is 5.75 Å². The molecule has 0 bridgehead atoms. The highest BCUT2D eigenvalue weighted by Crippen LogP contribution is 2.37. The van der Waals surface area contributed by atoms with Crippen molar-refractivity contribution in [2.45, 2.75) is 13.3 Å². The molecule has 0 aromatic heterocycles. The second-order valence-corrected chi connectivity index (χ2v) is 8.50. The third-order valence-corrected chi connectivity index (χ3v) is 5.77. The van der Waals surface area contributed by atoms with E-state index < -0.39 is 0 Å². The summed E-state index contributed by atoms with van der Waals surface area (Å²) in [5.74, 6) is 0.655. The van der Waals surface area contributed by atoms with Crippen LogP contribution in [-0.4, -0.2) is 16.8 Å². The Bertz CT molecular complexity index is 884. The maximum Gasteiger partial charge on any atom is 0.270 e. The van der Waals surface area contributed by atoms with E-state index in [9.17, 15) is 4.79 Å². The van der Waals surface area contributed by atoms with Gasteiger partial charge in [-0.25, -0.2) is 0 Å². The summed E-state index contributed by atoms with van der Waals surface area (Å²) in [7, 11) is 0. The molecule has 0 saturated carbocycles. The molecule has 0 spiro atoms. The molecule has 2 aromatic carbocycles. The van der Waals surface area contributed by atoms with Gasteiger partial charge >= 0.3 is 0 Å². The first-order valence-corrected chi connectivity index (χ1v) is 10.3. The van der Waals surface area contributed by atoms with Gasteiger partial charge in [-0.1, -0.05) is 48.6 Å². The minimum Gasteiger partial charge on any atom is -0.492 e. The zero-order valence-corrected chi connectivity index (χ0v) is 17.8. The Labute approximate surface area is 175 Å². The smallest absolute Gasteiger partial charge is 0.270 e. The molecule has 0 unspecified atom stereocenters. The van der Waals surface area contributed by atoms with Gasteiger partial charge in [-0.3, -0.25) is 9.69 Å². The summed E-state index contributed by atoms with van der Waals surface area (Å²) in [6.45, 7) is 2.72. The molecule has 1 heterocycles. The van der Waals surface area contributed by atoms with Crippen LogP contribution in [0.15, 0.2) is 51.8 Å². The van der Waals surface area contributed by atoms with Crippen molar-refractivity contribution in [2.75, 3.05) is 11.5 Å². The third kappa shape index (κ3) is 4.31. The van der Waals surface area contributed by atoms with E-state index in [4.69, 9.17) is 28.6 Å². The second-order valence-electron chi connectivity index (χ2n) is 5.53. The van der Waals surface area contributed by atoms with Crippen LogP contribution in [0.2, 0.25) is 5.02 Å². The number of hydrogen-bond acceptors (Lipinski definition) is 4. The number of thioether (sulfide) groups is 1. The average molecular weight is 469 g/mol. The number of carbonyl (C=O) groups excluding carboxylic acids is 1. The summed E-state index contributed by atoms with van der Waals surface area (Å²) in [5.41, 5.74) is 1.61. The predicted molar refractivity (Wildman–Crippen MR) is 117 cm³/mol. The lowest BCUT2D eigenvalue weighted by Crippen LogP contribution is -2.27. The highest BCUT2D eigenvalue weighted by atomic mass is 79.9. The number of nitrogens with zero attached hydrogens (tertiary/aromatic N) is 1.